The summed E-state index contributed by atoms with van der Waals surface area (Å²) in [6.45, 7) is 18.8. The topological polar surface area (TPSA) is 17.8 Å². The van der Waals surface area contributed by atoms with E-state index in [2.05, 4.69) is 98.7 Å². The maximum Gasteiger partial charge on any atom is 0.0695 e. The van der Waals surface area contributed by atoms with Crippen molar-refractivity contribution in [1.82, 2.24) is 9.78 Å². The molecule has 4 aromatic rings. The highest BCUT2D eigenvalue weighted by Gasteiger charge is 2.25. The average Bonchev–Trinajstić information content (AvgIpc) is 3.42. The molecule has 1 heterocycles. The van der Waals surface area contributed by atoms with Crippen molar-refractivity contribution in [1.29, 1.82) is 0 Å². The zero-order chi connectivity index (χ0) is 24.9. The fourth-order valence-electron chi connectivity index (χ4n) is 3.65. The van der Waals surface area contributed by atoms with Crippen LogP contribution in [-0.2, 0) is 5.41 Å². The Morgan fingerprint density at radius 2 is 1.12 bits per heavy atom. The molecule has 0 saturated carbocycles. The first-order valence-corrected chi connectivity index (χ1v) is 12.3. The predicted molar refractivity (Wildman–Crippen MR) is 147 cm³/mol. The summed E-state index contributed by atoms with van der Waals surface area (Å²) in [5.74, 6) is 0. The number of nitrogens with zero attached hydrogens (tertiary/aromatic N) is 2. The van der Waals surface area contributed by atoms with Gasteiger partial charge in [-0.05, 0) is 51.4 Å². The second kappa shape index (κ2) is 14.1. The molecule has 0 aliphatic carbocycles. The summed E-state index contributed by atoms with van der Waals surface area (Å²) in [5, 5.41) is 4.55. The van der Waals surface area contributed by atoms with E-state index < -0.39 is 0 Å². The molecule has 0 aliphatic heterocycles. The maximum atomic E-state index is 4.55. The normalized spacial score (nSPS) is 9.97. The van der Waals surface area contributed by atoms with Crippen molar-refractivity contribution in [3.8, 4) is 27.9 Å². The minimum Gasteiger partial charge on any atom is -0.241 e. The van der Waals surface area contributed by atoms with Gasteiger partial charge in [-0.25, -0.2) is 4.68 Å². The third-order valence-corrected chi connectivity index (χ3v) is 4.81. The molecule has 0 N–H and O–H groups in total. The summed E-state index contributed by atoms with van der Waals surface area (Å²) in [5.41, 5.74) is 7.31. The highest BCUT2D eigenvalue weighted by molar-refractivity contribution is 5.80. The van der Waals surface area contributed by atoms with Crippen LogP contribution in [0.3, 0.4) is 0 Å². The number of rotatable bonds is 3. The third kappa shape index (κ3) is 7.18. The molecule has 33 heavy (non-hydrogen) atoms. The Hall–Kier alpha value is -3.13. The van der Waals surface area contributed by atoms with Crippen LogP contribution in [0.25, 0.3) is 27.9 Å². The van der Waals surface area contributed by atoms with Gasteiger partial charge >= 0.3 is 0 Å². The zero-order valence-corrected chi connectivity index (χ0v) is 22.1. The third-order valence-electron chi connectivity index (χ3n) is 4.81. The number of hydrogen-bond acceptors (Lipinski definition) is 1. The van der Waals surface area contributed by atoms with Gasteiger partial charge in [0.2, 0.25) is 0 Å². The number of benzene rings is 3. The maximum absolute atomic E-state index is 4.55. The van der Waals surface area contributed by atoms with Gasteiger partial charge in [-0.3, -0.25) is 0 Å². The minimum atomic E-state index is -0.0261. The Kier molecular flexibility index (Phi) is 11.9. The minimum absolute atomic E-state index is 0.0261. The van der Waals surface area contributed by atoms with Crippen LogP contribution in [0.4, 0.5) is 0 Å². The molecule has 0 atom stereocenters. The lowest BCUT2D eigenvalue weighted by atomic mass is 9.79. The number of hydrogen-bond donors (Lipinski definition) is 0. The van der Waals surface area contributed by atoms with Crippen LogP contribution in [-0.4, -0.2) is 9.78 Å². The van der Waals surface area contributed by atoms with E-state index in [0.717, 1.165) is 5.69 Å². The summed E-state index contributed by atoms with van der Waals surface area (Å²) in [4.78, 5) is 0. The standard InChI is InChI=1S/C25H24N2.3C2H6/c1-25(2,3)24-22(20-13-8-5-9-14-20)17-21(19-11-6-4-7-12-19)18-23(24)27-16-10-15-26-27;3*1-2/h4-18H,1-3H3;3*1-2H3. The smallest absolute Gasteiger partial charge is 0.0695 e. The molecule has 0 aliphatic rings. The van der Waals surface area contributed by atoms with Crippen LogP contribution in [0, 0.1) is 0 Å². The van der Waals surface area contributed by atoms with Crippen molar-refractivity contribution >= 4 is 0 Å². The molecule has 4 rings (SSSR count). The van der Waals surface area contributed by atoms with E-state index in [9.17, 15) is 0 Å². The molecule has 0 unspecified atom stereocenters. The van der Waals surface area contributed by atoms with E-state index in [1.165, 1.54) is 27.8 Å². The van der Waals surface area contributed by atoms with Crippen molar-refractivity contribution in [2.75, 3.05) is 0 Å². The van der Waals surface area contributed by atoms with E-state index >= 15 is 0 Å². The second-order valence-electron chi connectivity index (χ2n) is 7.85. The van der Waals surface area contributed by atoms with E-state index in [0.29, 0.717) is 0 Å². The van der Waals surface area contributed by atoms with Gasteiger partial charge in [0.25, 0.3) is 0 Å². The van der Waals surface area contributed by atoms with Crippen LogP contribution in [0.2, 0.25) is 0 Å². The molecule has 0 saturated heterocycles. The molecule has 0 radical (unpaired) electrons. The highest BCUT2D eigenvalue weighted by Crippen LogP contribution is 2.40. The first-order chi connectivity index (χ1) is 16.0. The van der Waals surface area contributed by atoms with Crippen LogP contribution in [0.1, 0.15) is 67.9 Å². The molecule has 0 bridgehead atoms. The molecule has 2 nitrogen and oxygen atoms in total. The zero-order valence-electron chi connectivity index (χ0n) is 22.1. The Labute approximate surface area is 202 Å². The van der Waals surface area contributed by atoms with Crippen LogP contribution < -0.4 is 0 Å². The van der Waals surface area contributed by atoms with Gasteiger partial charge in [0.1, 0.15) is 0 Å². The van der Waals surface area contributed by atoms with E-state index in [1.54, 1.807) is 0 Å². The van der Waals surface area contributed by atoms with Crippen LogP contribution in [0.5, 0.6) is 0 Å². The van der Waals surface area contributed by atoms with E-state index in [-0.39, 0.29) is 5.41 Å². The number of aromatic nitrogens is 2. The summed E-state index contributed by atoms with van der Waals surface area (Å²) >= 11 is 0. The lowest BCUT2D eigenvalue weighted by Crippen LogP contribution is -2.17. The van der Waals surface area contributed by atoms with Crippen LogP contribution in [0.15, 0.2) is 91.3 Å². The Bertz CT molecular complexity index is 1030. The van der Waals surface area contributed by atoms with Crippen LogP contribution >= 0.6 is 0 Å². The molecular formula is C31H42N2. The van der Waals surface area contributed by atoms with Gasteiger partial charge in [0.05, 0.1) is 5.69 Å². The molecular weight excluding hydrogens is 400 g/mol. The van der Waals surface area contributed by atoms with Crippen molar-refractivity contribution < 1.29 is 0 Å². The van der Waals surface area contributed by atoms with Crippen molar-refractivity contribution in [2.24, 2.45) is 0 Å². The summed E-state index contributed by atoms with van der Waals surface area (Å²) in [6, 6.07) is 27.7. The first-order valence-electron chi connectivity index (χ1n) is 12.3. The van der Waals surface area contributed by atoms with Gasteiger partial charge in [0.15, 0.2) is 0 Å². The van der Waals surface area contributed by atoms with E-state index in [1.807, 2.05) is 64.7 Å². The molecule has 0 spiro atoms. The molecule has 2 heteroatoms. The largest absolute Gasteiger partial charge is 0.241 e. The fraction of sp³-hybridized carbons (Fsp3) is 0.323. The predicted octanol–water partition coefficient (Wildman–Crippen LogP) is 9.58. The average molecular weight is 443 g/mol. The van der Waals surface area contributed by atoms with Crippen molar-refractivity contribution in [2.45, 2.75) is 67.7 Å². The molecule has 176 valence electrons. The lowest BCUT2D eigenvalue weighted by Gasteiger charge is -2.27. The highest BCUT2D eigenvalue weighted by atomic mass is 15.3. The Balaban J connectivity index is 0.000000841. The van der Waals surface area contributed by atoms with Crippen molar-refractivity contribution in [3.05, 3.63) is 96.8 Å². The summed E-state index contributed by atoms with van der Waals surface area (Å²) in [6.07, 6.45) is 3.86. The first kappa shape index (κ1) is 27.9. The van der Waals surface area contributed by atoms with Gasteiger partial charge in [-0.1, -0.05) is 123 Å². The quantitative estimate of drug-likeness (QED) is 0.309. The SMILES string of the molecule is CC.CC.CC.CC(C)(C)c1c(-c2ccccc2)cc(-c2ccccc2)cc1-n1cccn1. The van der Waals surface area contributed by atoms with Gasteiger partial charge in [-0.15, -0.1) is 0 Å². The summed E-state index contributed by atoms with van der Waals surface area (Å²) < 4.78 is 1.99. The Morgan fingerprint density at radius 1 is 0.606 bits per heavy atom. The lowest BCUT2D eigenvalue weighted by molar-refractivity contribution is 0.585. The monoisotopic (exact) mass is 442 g/mol. The van der Waals surface area contributed by atoms with Crippen molar-refractivity contribution in [3.63, 3.8) is 0 Å². The van der Waals surface area contributed by atoms with Gasteiger partial charge in [-0.2, -0.15) is 5.10 Å². The summed E-state index contributed by atoms with van der Waals surface area (Å²) in [7, 11) is 0. The fourth-order valence-corrected chi connectivity index (χ4v) is 3.65. The molecule has 1 aromatic heterocycles. The molecule has 0 amide bonds. The molecule has 3 aromatic carbocycles. The van der Waals surface area contributed by atoms with Gasteiger partial charge < -0.3 is 0 Å². The van der Waals surface area contributed by atoms with E-state index in [4.69, 9.17) is 0 Å². The van der Waals surface area contributed by atoms with Gasteiger partial charge in [0, 0.05) is 12.4 Å². The second-order valence-corrected chi connectivity index (χ2v) is 7.85. The Morgan fingerprint density at radius 3 is 1.58 bits per heavy atom. The molecule has 0 fully saturated rings.